The smallest absolute Gasteiger partial charge is 0.167 e. The standard InChI is InChI=1S/C19H27FN2O/c1-19(2)12-22(17-6-4-3-5-16(17)21-19)13-7-10-18(15(20)11-13)23-14-8-9-14/h7,10-11,14,16-17,21H,3-6,8-9,12H2,1-2H3/t16-,17+/m1/s1. The maximum atomic E-state index is 14.4. The molecule has 1 aromatic carbocycles. The molecule has 2 aliphatic carbocycles. The number of hydrogen-bond acceptors (Lipinski definition) is 3. The summed E-state index contributed by atoms with van der Waals surface area (Å²) in [7, 11) is 0. The molecule has 0 unspecified atom stereocenters. The van der Waals surface area contributed by atoms with Crippen LogP contribution in [0.25, 0.3) is 0 Å². The molecule has 126 valence electrons. The van der Waals surface area contributed by atoms with Gasteiger partial charge in [-0.15, -0.1) is 0 Å². The Kier molecular flexibility index (Phi) is 3.75. The highest BCUT2D eigenvalue weighted by atomic mass is 19.1. The van der Waals surface area contributed by atoms with E-state index in [1.807, 2.05) is 12.1 Å². The van der Waals surface area contributed by atoms with E-state index in [1.54, 1.807) is 6.07 Å². The highest BCUT2D eigenvalue weighted by molar-refractivity contribution is 5.52. The van der Waals surface area contributed by atoms with Crippen LogP contribution >= 0.6 is 0 Å². The average molecular weight is 318 g/mol. The molecule has 1 heterocycles. The first-order chi connectivity index (χ1) is 11.0. The topological polar surface area (TPSA) is 24.5 Å². The van der Waals surface area contributed by atoms with Crippen molar-refractivity contribution in [3.05, 3.63) is 24.0 Å². The van der Waals surface area contributed by atoms with Gasteiger partial charge in [-0.1, -0.05) is 12.8 Å². The Morgan fingerprint density at radius 2 is 1.96 bits per heavy atom. The summed E-state index contributed by atoms with van der Waals surface area (Å²) >= 11 is 0. The van der Waals surface area contributed by atoms with Crippen LogP contribution in [-0.4, -0.2) is 30.3 Å². The number of anilines is 1. The van der Waals surface area contributed by atoms with E-state index in [1.165, 1.54) is 25.7 Å². The largest absolute Gasteiger partial charge is 0.487 e. The van der Waals surface area contributed by atoms with Crippen LogP contribution in [0.3, 0.4) is 0 Å². The number of benzene rings is 1. The monoisotopic (exact) mass is 318 g/mol. The van der Waals surface area contributed by atoms with Gasteiger partial charge in [-0.05, 0) is 51.7 Å². The third-order valence-electron chi connectivity index (χ3n) is 5.34. The second-order valence-corrected chi connectivity index (χ2v) is 8.05. The predicted molar refractivity (Wildman–Crippen MR) is 90.7 cm³/mol. The molecule has 0 bridgehead atoms. The fraction of sp³-hybridized carbons (Fsp3) is 0.684. The highest BCUT2D eigenvalue weighted by Gasteiger charge is 2.40. The summed E-state index contributed by atoms with van der Waals surface area (Å²) in [5.74, 6) is 0.184. The van der Waals surface area contributed by atoms with Crippen molar-refractivity contribution in [3.63, 3.8) is 0 Å². The van der Waals surface area contributed by atoms with Crippen molar-refractivity contribution in [1.82, 2.24) is 5.32 Å². The number of halogens is 1. The van der Waals surface area contributed by atoms with Crippen molar-refractivity contribution >= 4 is 5.69 Å². The SMILES string of the molecule is CC1(C)CN(c2ccc(OC3CC3)c(F)c2)[C@H]2CCCC[C@H]2N1. The van der Waals surface area contributed by atoms with E-state index < -0.39 is 0 Å². The van der Waals surface area contributed by atoms with Gasteiger partial charge in [0.05, 0.1) is 6.10 Å². The number of nitrogens with one attached hydrogen (secondary N) is 1. The van der Waals surface area contributed by atoms with E-state index in [9.17, 15) is 4.39 Å². The van der Waals surface area contributed by atoms with Gasteiger partial charge in [0, 0.05) is 35.9 Å². The molecule has 3 nitrogen and oxygen atoms in total. The van der Waals surface area contributed by atoms with Crippen LogP contribution in [0.5, 0.6) is 5.75 Å². The summed E-state index contributed by atoms with van der Waals surface area (Å²) in [4.78, 5) is 2.42. The van der Waals surface area contributed by atoms with E-state index in [0.29, 0.717) is 17.8 Å². The molecule has 2 saturated carbocycles. The summed E-state index contributed by atoms with van der Waals surface area (Å²) in [5, 5.41) is 3.79. The zero-order chi connectivity index (χ0) is 16.0. The molecule has 3 fully saturated rings. The molecule has 1 N–H and O–H groups in total. The van der Waals surface area contributed by atoms with Gasteiger partial charge in [-0.3, -0.25) is 0 Å². The molecule has 0 spiro atoms. The first kappa shape index (κ1) is 15.3. The quantitative estimate of drug-likeness (QED) is 0.916. The molecule has 0 radical (unpaired) electrons. The van der Waals surface area contributed by atoms with Crippen molar-refractivity contribution in [2.24, 2.45) is 0 Å². The predicted octanol–water partition coefficient (Wildman–Crippen LogP) is 3.87. The Labute approximate surface area is 138 Å². The molecular formula is C19H27FN2O. The lowest BCUT2D eigenvalue weighted by molar-refractivity contribution is 0.199. The minimum atomic E-state index is -0.224. The van der Waals surface area contributed by atoms with Gasteiger partial charge in [0.15, 0.2) is 11.6 Å². The van der Waals surface area contributed by atoms with Crippen LogP contribution in [0.4, 0.5) is 10.1 Å². The molecule has 1 aliphatic heterocycles. The first-order valence-corrected chi connectivity index (χ1v) is 9.02. The van der Waals surface area contributed by atoms with E-state index in [0.717, 1.165) is 25.1 Å². The number of nitrogens with zero attached hydrogens (tertiary/aromatic N) is 1. The van der Waals surface area contributed by atoms with Gasteiger partial charge in [-0.25, -0.2) is 4.39 Å². The van der Waals surface area contributed by atoms with Gasteiger partial charge in [0.1, 0.15) is 0 Å². The van der Waals surface area contributed by atoms with Gasteiger partial charge in [0.25, 0.3) is 0 Å². The summed E-state index contributed by atoms with van der Waals surface area (Å²) < 4.78 is 20.1. The number of piperazine rings is 1. The Hall–Kier alpha value is -1.29. The molecule has 2 atom stereocenters. The number of ether oxygens (including phenoxy) is 1. The molecule has 4 rings (SSSR count). The lowest BCUT2D eigenvalue weighted by atomic mass is 9.83. The minimum absolute atomic E-state index is 0.0537. The fourth-order valence-corrected chi connectivity index (χ4v) is 4.16. The molecular weight excluding hydrogens is 291 g/mol. The number of hydrogen-bond donors (Lipinski definition) is 1. The Balaban J connectivity index is 1.60. The highest BCUT2D eigenvalue weighted by Crippen LogP contribution is 2.36. The zero-order valence-corrected chi connectivity index (χ0v) is 14.1. The van der Waals surface area contributed by atoms with Gasteiger partial charge >= 0.3 is 0 Å². The van der Waals surface area contributed by atoms with Crippen molar-refractivity contribution in [2.45, 2.75) is 76.1 Å². The number of fused-ring (bicyclic) bond motifs is 1. The van der Waals surface area contributed by atoms with Crippen LogP contribution in [-0.2, 0) is 0 Å². The second-order valence-electron chi connectivity index (χ2n) is 8.05. The summed E-state index contributed by atoms with van der Waals surface area (Å²) in [6.45, 7) is 5.40. The molecule has 1 aromatic rings. The van der Waals surface area contributed by atoms with Gasteiger partial charge < -0.3 is 15.0 Å². The molecule has 4 heteroatoms. The second kappa shape index (κ2) is 5.66. The number of rotatable bonds is 3. The third-order valence-corrected chi connectivity index (χ3v) is 5.34. The van der Waals surface area contributed by atoms with Crippen LogP contribution < -0.4 is 15.0 Å². The van der Waals surface area contributed by atoms with Crippen molar-refractivity contribution in [2.75, 3.05) is 11.4 Å². The van der Waals surface area contributed by atoms with E-state index in [-0.39, 0.29) is 17.5 Å². The summed E-state index contributed by atoms with van der Waals surface area (Å²) in [5.41, 5.74) is 1.05. The molecule has 0 aromatic heterocycles. The Morgan fingerprint density at radius 3 is 2.70 bits per heavy atom. The fourth-order valence-electron chi connectivity index (χ4n) is 4.16. The third kappa shape index (κ3) is 3.18. The van der Waals surface area contributed by atoms with E-state index in [2.05, 4.69) is 24.1 Å². The molecule has 3 aliphatic rings. The van der Waals surface area contributed by atoms with Gasteiger partial charge in [0.2, 0.25) is 0 Å². The zero-order valence-electron chi connectivity index (χ0n) is 14.1. The van der Waals surface area contributed by atoms with Crippen molar-refractivity contribution < 1.29 is 9.13 Å². The van der Waals surface area contributed by atoms with Crippen LogP contribution in [0.1, 0.15) is 52.4 Å². The summed E-state index contributed by atoms with van der Waals surface area (Å²) in [6.07, 6.45) is 7.31. The maximum Gasteiger partial charge on any atom is 0.167 e. The van der Waals surface area contributed by atoms with E-state index in [4.69, 9.17) is 4.74 Å². The maximum absolute atomic E-state index is 14.4. The van der Waals surface area contributed by atoms with Crippen LogP contribution in [0.2, 0.25) is 0 Å². The van der Waals surface area contributed by atoms with Crippen molar-refractivity contribution in [3.8, 4) is 5.75 Å². The van der Waals surface area contributed by atoms with Crippen molar-refractivity contribution in [1.29, 1.82) is 0 Å². The summed E-state index contributed by atoms with van der Waals surface area (Å²) in [6, 6.07) is 6.51. The first-order valence-electron chi connectivity index (χ1n) is 9.02. The van der Waals surface area contributed by atoms with Crippen LogP contribution in [0, 0.1) is 5.82 Å². The Morgan fingerprint density at radius 1 is 1.17 bits per heavy atom. The minimum Gasteiger partial charge on any atom is -0.487 e. The van der Waals surface area contributed by atoms with Gasteiger partial charge in [-0.2, -0.15) is 0 Å². The lowest BCUT2D eigenvalue weighted by Crippen LogP contribution is -2.67. The normalized spacial score (nSPS) is 30.0. The lowest BCUT2D eigenvalue weighted by Gasteiger charge is -2.52. The average Bonchev–Trinajstić information content (AvgIpc) is 3.31. The van der Waals surface area contributed by atoms with E-state index >= 15 is 0 Å². The van der Waals surface area contributed by atoms with Crippen LogP contribution in [0.15, 0.2) is 18.2 Å². The molecule has 1 saturated heterocycles. The Bertz CT molecular complexity index is 585. The molecule has 0 amide bonds. The molecule has 23 heavy (non-hydrogen) atoms.